The van der Waals surface area contributed by atoms with Gasteiger partial charge in [-0.05, 0) is 69.3 Å². The van der Waals surface area contributed by atoms with Crippen LogP contribution in [0.15, 0.2) is 60.7 Å². The van der Waals surface area contributed by atoms with Crippen LogP contribution in [0.5, 0.6) is 11.5 Å². The van der Waals surface area contributed by atoms with Crippen LogP contribution < -0.4 is 9.47 Å². The molecule has 2 aromatic rings. The fourth-order valence-corrected chi connectivity index (χ4v) is 2.55. The van der Waals surface area contributed by atoms with Crippen molar-refractivity contribution in [1.82, 2.24) is 4.90 Å². The van der Waals surface area contributed by atoms with Crippen LogP contribution in [0.25, 0.3) is 0 Å². The van der Waals surface area contributed by atoms with Gasteiger partial charge in [0.05, 0.1) is 7.11 Å². The molecule has 3 heteroatoms. The molecule has 148 valence electrons. The van der Waals surface area contributed by atoms with Crippen LogP contribution in [0.4, 0.5) is 0 Å². The molecular weight excluding hydrogens is 346 g/mol. The van der Waals surface area contributed by atoms with Gasteiger partial charge in [-0.25, -0.2) is 0 Å². The molecule has 2 aromatic carbocycles. The minimum Gasteiger partial charge on any atom is -0.497 e. The van der Waals surface area contributed by atoms with Crippen molar-refractivity contribution in [2.24, 2.45) is 5.41 Å². The van der Waals surface area contributed by atoms with Crippen molar-refractivity contribution < 1.29 is 9.47 Å². The lowest BCUT2D eigenvalue weighted by Gasteiger charge is -2.15. The summed E-state index contributed by atoms with van der Waals surface area (Å²) in [5.41, 5.74) is 2.39. The molecule has 0 spiro atoms. The van der Waals surface area contributed by atoms with Crippen LogP contribution in [0.2, 0.25) is 0 Å². The Morgan fingerprint density at radius 2 is 1.75 bits per heavy atom. The SMILES string of the molecule is COc1ccc(COc2cccc(CN(C)C/C=C/C#CC(C)(C)C)c2)cc1. The van der Waals surface area contributed by atoms with Gasteiger partial charge in [-0.15, -0.1) is 0 Å². The molecule has 0 atom stereocenters. The predicted octanol–water partition coefficient (Wildman–Crippen LogP) is 5.31. The van der Waals surface area contributed by atoms with Crippen molar-refractivity contribution in [3.63, 3.8) is 0 Å². The van der Waals surface area contributed by atoms with Crippen molar-refractivity contribution in [3.8, 4) is 23.3 Å². The molecule has 0 radical (unpaired) electrons. The first kappa shape index (κ1) is 21.6. The summed E-state index contributed by atoms with van der Waals surface area (Å²) in [6.45, 7) is 8.60. The summed E-state index contributed by atoms with van der Waals surface area (Å²) in [5.74, 6) is 8.05. The van der Waals surface area contributed by atoms with E-state index in [9.17, 15) is 0 Å². The molecule has 0 bridgehead atoms. The first-order valence-electron chi connectivity index (χ1n) is 9.56. The maximum atomic E-state index is 5.94. The quantitative estimate of drug-likeness (QED) is 0.582. The second-order valence-electron chi connectivity index (χ2n) is 7.90. The molecular formula is C25H31NO2. The Labute approximate surface area is 170 Å². The molecule has 0 saturated heterocycles. The van der Waals surface area contributed by atoms with E-state index in [2.05, 4.69) is 62.8 Å². The van der Waals surface area contributed by atoms with Crippen molar-refractivity contribution in [1.29, 1.82) is 0 Å². The van der Waals surface area contributed by atoms with Gasteiger partial charge in [-0.2, -0.15) is 0 Å². The van der Waals surface area contributed by atoms with E-state index in [1.54, 1.807) is 7.11 Å². The summed E-state index contributed by atoms with van der Waals surface area (Å²) in [7, 11) is 3.77. The second-order valence-corrected chi connectivity index (χ2v) is 7.90. The zero-order chi connectivity index (χ0) is 20.4. The Morgan fingerprint density at radius 1 is 1.00 bits per heavy atom. The van der Waals surface area contributed by atoms with Gasteiger partial charge < -0.3 is 9.47 Å². The monoisotopic (exact) mass is 377 g/mol. The van der Waals surface area contributed by atoms with Gasteiger partial charge >= 0.3 is 0 Å². The standard InChI is InChI=1S/C25H31NO2/c1-25(2,3)16-7-6-8-17-26(4)19-22-10-9-11-24(18-22)28-20-21-12-14-23(27-5)15-13-21/h6,8-15,18H,17,19-20H2,1-5H3/b8-6+. The van der Waals surface area contributed by atoms with Crippen molar-refractivity contribution >= 4 is 0 Å². The lowest BCUT2D eigenvalue weighted by molar-refractivity contribution is 0.304. The predicted molar refractivity (Wildman–Crippen MR) is 116 cm³/mol. The summed E-state index contributed by atoms with van der Waals surface area (Å²) in [6.07, 6.45) is 4.04. The highest BCUT2D eigenvalue weighted by molar-refractivity contribution is 5.30. The van der Waals surface area contributed by atoms with Crippen molar-refractivity contribution in [3.05, 3.63) is 71.8 Å². The molecule has 0 fully saturated rings. The van der Waals surface area contributed by atoms with E-state index in [0.717, 1.165) is 30.2 Å². The number of allylic oxidation sites excluding steroid dienone is 1. The van der Waals surface area contributed by atoms with Crippen LogP contribution in [0.3, 0.4) is 0 Å². The third-order valence-electron chi connectivity index (χ3n) is 3.98. The number of hydrogen-bond donors (Lipinski definition) is 0. The van der Waals surface area contributed by atoms with Crippen LogP contribution in [0, 0.1) is 17.3 Å². The van der Waals surface area contributed by atoms with Gasteiger partial charge in [0.15, 0.2) is 0 Å². The Balaban J connectivity index is 1.84. The number of likely N-dealkylation sites (N-methyl/N-ethyl adjacent to an activating group) is 1. The average molecular weight is 378 g/mol. The minimum atomic E-state index is 0.0441. The lowest BCUT2D eigenvalue weighted by atomic mass is 9.98. The largest absolute Gasteiger partial charge is 0.497 e. The third-order valence-corrected chi connectivity index (χ3v) is 3.98. The topological polar surface area (TPSA) is 21.7 Å². The molecule has 0 amide bonds. The minimum absolute atomic E-state index is 0.0441. The van der Waals surface area contributed by atoms with Crippen LogP contribution >= 0.6 is 0 Å². The summed E-state index contributed by atoms with van der Waals surface area (Å²) in [6, 6.07) is 16.2. The van der Waals surface area contributed by atoms with E-state index in [4.69, 9.17) is 9.47 Å². The van der Waals surface area contributed by atoms with E-state index >= 15 is 0 Å². The Kier molecular flexibility index (Phi) is 8.17. The highest BCUT2D eigenvalue weighted by Crippen LogP contribution is 2.18. The zero-order valence-corrected chi connectivity index (χ0v) is 17.7. The normalized spacial score (nSPS) is 11.4. The zero-order valence-electron chi connectivity index (χ0n) is 17.7. The van der Waals surface area contributed by atoms with Crippen LogP contribution in [0.1, 0.15) is 31.9 Å². The molecule has 0 N–H and O–H groups in total. The molecule has 0 heterocycles. The summed E-state index contributed by atoms with van der Waals surface area (Å²) >= 11 is 0. The third kappa shape index (κ3) is 8.33. The summed E-state index contributed by atoms with van der Waals surface area (Å²) < 4.78 is 11.1. The first-order valence-corrected chi connectivity index (χ1v) is 9.56. The van der Waals surface area contributed by atoms with E-state index in [1.807, 2.05) is 42.5 Å². The number of hydrogen-bond acceptors (Lipinski definition) is 3. The lowest BCUT2D eigenvalue weighted by Crippen LogP contribution is -2.17. The highest BCUT2D eigenvalue weighted by Gasteiger charge is 2.03. The van der Waals surface area contributed by atoms with E-state index in [-0.39, 0.29) is 5.41 Å². The van der Waals surface area contributed by atoms with Gasteiger partial charge in [0.25, 0.3) is 0 Å². The van der Waals surface area contributed by atoms with Gasteiger partial charge in [0, 0.05) is 18.5 Å². The average Bonchev–Trinajstić information content (AvgIpc) is 2.66. The number of benzene rings is 2. The molecule has 0 unspecified atom stereocenters. The summed E-state index contributed by atoms with van der Waals surface area (Å²) in [5, 5.41) is 0. The van der Waals surface area contributed by atoms with E-state index < -0.39 is 0 Å². The molecule has 0 saturated carbocycles. The highest BCUT2D eigenvalue weighted by atomic mass is 16.5. The molecule has 28 heavy (non-hydrogen) atoms. The number of nitrogens with zero attached hydrogens (tertiary/aromatic N) is 1. The summed E-state index contributed by atoms with van der Waals surface area (Å²) in [4.78, 5) is 2.25. The molecule has 0 aliphatic heterocycles. The number of methoxy groups -OCH3 is 1. The molecule has 2 rings (SSSR count). The van der Waals surface area contributed by atoms with Gasteiger partial charge in [-0.1, -0.05) is 42.2 Å². The molecule has 0 aliphatic carbocycles. The van der Waals surface area contributed by atoms with Gasteiger partial charge in [0.2, 0.25) is 0 Å². The van der Waals surface area contributed by atoms with E-state index in [1.165, 1.54) is 5.56 Å². The smallest absolute Gasteiger partial charge is 0.120 e. The number of ether oxygens (including phenoxy) is 2. The second kappa shape index (κ2) is 10.6. The fourth-order valence-electron chi connectivity index (χ4n) is 2.55. The Bertz CT molecular complexity index is 820. The number of rotatable bonds is 8. The fraction of sp³-hybridized carbons (Fsp3) is 0.360. The van der Waals surface area contributed by atoms with Crippen LogP contribution in [-0.2, 0) is 13.2 Å². The van der Waals surface area contributed by atoms with Crippen LogP contribution in [-0.4, -0.2) is 25.6 Å². The Hall–Kier alpha value is -2.70. The van der Waals surface area contributed by atoms with E-state index in [0.29, 0.717) is 6.61 Å². The van der Waals surface area contributed by atoms with Gasteiger partial charge in [-0.3, -0.25) is 4.90 Å². The Morgan fingerprint density at radius 3 is 2.43 bits per heavy atom. The van der Waals surface area contributed by atoms with Crippen molar-refractivity contribution in [2.75, 3.05) is 20.7 Å². The molecule has 3 nitrogen and oxygen atoms in total. The first-order chi connectivity index (χ1) is 13.4. The molecule has 0 aliphatic rings. The maximum absolute atomic E-state index is 5.94. The maximum Gasteiger partial charge on any atom is 0.120 e. The van der Waals surface area contributed by atoms with Crippen molar-refractivity contribution in [2.45, 2.75) is 33.9 Å². The molecule has 0 aromatic heterocycles. The van der Waals surface area contributed by atoms with Gasteiger partial charge in [0.1, 0.15) is 18.1 Å².